The summed E-state index contributed by atoms with van der Waals surface area (Å²) in [5.41, 5.74) is 0.390. The molecular weight excluding hydrogens is 264 g/mol. The van der Waals surface area contributed by atoms with Crippen LogP contribution < -0.4 is 5.32 Å². The lowest BCUT2D eigenvalue weighted by Gasteiger charge is -2.35. The van der Waals surface area contributed by atoms with E-state index in [9.17, 15) is 0 Å². The van der Waals surface area contributed by atoms with E-state index >= 15 is 0 Å². The van der Waals surface area contributed by atoms with Crippen molar-refractivity contribution in [1.82, 2.24) is 5.32 Å². The maximum Gasteiger partial charge on any atom is 0.157 e. The average molecular weight is 297 g/mol. The fourth-order valence-corrected chi connectivity index (χ4v) is 4.53. The molecule has 0 radical (unpaired) electrons. The lowest BCUT2D eigenvalue weighted by atomic mass is 9.78. The smallest absolute Gasteiger partial charge is 0.157 e. The van der Waals surface area contributed by atoms with Crippen molar-refractivity contribution < 1.29 is 0 Å². The summed E-state index contributed by atoms with van der Waals surface area (Å²) in [4.78, 5) is 4.88. The van der Waals surface area contributed by atoms with Crippen molar-refractivity contribution in [2.75, 3.05) is 12.3 Å². The number of unbranched alkanes of at least 4 members (excludes halogenated alkanes) is 1. The minimum Gasteiger partial charge on any atom is -0.359 e. The Balaban J connectivity index is 1.81. The molecule has 20 heavy (non-hydrogen) atoms. The minimum atomic E-state index is 0.390. The number of hydrogen-bond donors (Lipinski definition) is 1. The highest BCUT2D eigenvalue weighted by atomic mass is 32.2. The Morgan fingerprint density at radius 1 is 1.35 bits per heavy atom. The van der Waals surface area contributed by atoms with Crippen molar-refractivity contribution in [2.45, 2.75) is 77.7 Å². The van der Waals surface area contributed by atoms with Crippen LogP contribution in [0.5, 0.6) is 0 Å². The highest BCUT2D eigenvalue weighted by Crippen LogP contribution is 2.38. The summed E-state index contributed by atoms with van der Waals surface area (Å²) in [6.07, 6.45) is 10.7. The topological polar surface area (TPSA) is 24.4 Å². The van der Waals surface area contributed by atoms with E-state index in [0.717, 1.165) is 18.4 Å². The molecule has 116 valence electrons. The lowest BCUT2D eigenvalue weighted by molar-refractivity contribution is 0.250. The van der Waals surface area contributed by atoms with E-state index in [1.165, 1.54) is 62.3 Å². The van der Waals surface area contributed by atoms with Gasteiger partial charge in [-0.1, -0.05) is 51.8 Å². The van der Waals surface area contributed by atoms with Gasteiger partial charge in [0.25, 0.3) is 0 Å². The van der Waals surface area contributed by atoms with Gasteiger partial charge in [0.2, 0.25) is 0 Å². The monoisotopic (exact) mass is 296 g/mol. The van der Waals surface area contributed by atoms with Crippen molar-refractivity contribution >= 4 is 16.9 Å². The summed E-state index contributed by atoms with van der Waals surface area (Å²) in [6.45, 7) is 8.00. The molecule has 0 aromatic rings. The van der Waals surface area contributed by atoms with Gasteiger partial charge in [-0.05, 0) is 43.9 Å². The zero-order valence-corrected chi connectivity index (χ0v) is 14.4. The highest BCUT2D eigenvalue weighted by molar-refractivity contribution is 8.14. The highest BCUT2D eigenvalue weighted by Gasteiger charge is 2.39. The molecule has 3 heteroatoms. The summed E-state index contributed by atoms with van der Waals surface area (Å²) >= 11 is 1.96. The van der Waals surface area contributed by atoms with E-state index in [-0.39, 0.29) is 0 Å². The fourth-order valence-electron chi connectivity index (χ4n) is 3.30. The Morgan fingerprint density at radius 2 is 2.10 bits per heavy atom. The van der Waals surface area contributed by atoms with Crippen molar-refractivity contribution in [3.05, 3.63) is 0 Å². The first-order valence-electron chi connectivity index (χ1n) is 8.63. The number of hydrogen-bond acceptors (Lipinski definition) is 2. The Kier molecular flexibility index (Phi) is 6.25. The molecule has 0 amide bonds. The average Bonchev–Trinajstić information content (AvgIpc) is 2.86. The van der Waals surface area contributed by atoms with E-state index in [1.807, 2.05) is 11.8 Å². The molecule has 2 fully saturated rings. The number of nitrogens with one attached hydrogen (secondary N) is 1. The molecule has 1 spiro atoms. The number of aliphatic imine (C=N–C) groups is 1. The van der Waals surface area contributed by atoms with E-state index in [4.69, 9.17) is 4.99 Å². The lowest BCUT2D eigenvalue weighted by Crippen LogP contribution is -2.46. The van der Waals surface area contributed by atoms with E-state index in [0.29, 0.717) is 5.54 Å². The van der Waals surface area contributed by atoms with Gasteiger partial charge in [-0.2, -0.15) is 0 Å². The van der Waals surface area contributed by atoms with Gasteiger partial charge in [-0.3, -0.25) is 4.99 Å². The van der Waals surface area contributed by atoms with Gasteiger partial charge in [0.1, 0.15) is 0 Å². The fraction of sp³-hybridized carbons (Fsp3) is 0.941. The first kappa shape index (κ1) is 16.2. The van der Waals surface area contributed by atoms with Gasteiger partial charge in [0, 0.05) is 17.8 Å². The molecule has 2 rings (SSSR count). The number of nitrogens with zero attached hydrogens (tertiary/aromatic N) is 1. The SMILES string of the molecule is CCCCC(CC)CN=C1NC2(CCC(C)CC2)CS1. The van der Waals surface area contributed by atoms with Crippen molar-refractivity contribution in [3.63, 3.8) is 0 Å². The summed E-state index contributed by atoms with van der Waals surface area (Å²) < 4.78 is 0. The van der Waals surface area contributed by atoms with Crippen LogP contribution in [0.15, 0.2) is 4.99 Å². The third-order valence-corrected chi connectivity index (χ3v) is 6.33. The Hall–Kier alpha value is -0.180. The van der Waals surface area contributed by atoms with Crippen molar-refractivity contribution in [2.24, 2.45) is 16.8 Å². The van der Waals surface area contributed by atoms with Crippen LogP contribution in [-0.2, 0) is 0 Å². The van der Waals surface area contributed by atoms with Gasteiger partial charge in [0.05, 0.1) is 0 Å². The van der Waals surface area contributed by atoms with Crippen LogP contribution in [-0.4, -0.2) is 23.0 Å². The molecule has 1 heterocycles. The Labute approximate surface area is 129 Å². The molecular formula is C17H32N2S. The maximum atomic E-state index is 4.88. The van der Waals surface area contributed by atoms with Gasteiger partial charge < -0.3 is 5.32 Å². The van der Waals surface area contributed by atoms with Crippen molar-refractivity contribution in [1.29, 1.82) is 0 Å². The molecule has 1 aliphatic heterocycles. The molecule has 1 saturated heterocycles. The van der Waals surface area contributed by atoms with Gasteiger partial charge in [0.15, 0.2) is 5.17 Å². The zero-order valence-electron chi connectivity index (χ0n) is 13.6. The third-order valence-electron chi connectivity index (χ3n) is 5.13. The zero-order chi connectivity index (χ0) is 14.4. The predicted octanol–water partition coefficient (Wildman–Crippen LogP) is 4.84. The molecule has 1 saturated carbocycles. The quantitative estimate of drug-likeness (QED) is 0.758. The molecule has 2 nitrogen and oxygen atoms in total. The van der Waals surface area contributed by atoms with Crippen LogP contribution in [0.1, 0.15) is 72.1 Å². The van der Waals surface area contributed by atoms with Crippen LogP contribution in [0.25, 0.3) is 0 Å². The van der Waals surface area contributed by atoms with Gasteiger partial charge in [-0.25, -0.2) is 0 Å². The summed E-state index contributed by atoms with van der Waals surface area (Å²) in [5, 5.41) is 5.01. The Bertz CT molecular complexity index is 319. The predicted molar refractivity (Wildman–Crippen MR) is 91.6 cm³/mol. The largest absolute Gasteiger partial charge is 0.359 e. The molecule has 0 bridgehead atoms. The molecule has 2 aliphatic rings. The first-order valence-corrected chi connectivity index (χ1v) is 9.61. The van der Waals surface area contributed by atoms with E-state index in [2.05, 4.69) is 26.1 Å². The summed E-state index contributed by atoms with van der Waals surface area (Å²) in [7, 11) is 0. The second-order valence-electron chi connectivity index (χ2n) is 6.94. The standard InChI is InChI=1S/C17H32N2S/c1-4-6-7-15(5-2)12-18-16-19-17(13-20-16)10-8-14(3)9-11-17/h14-15H,4-13H2,1-3H3,(H,18,19). The van der Waals surface area contributed by atoms with E-state index < -0.39 is 0 Å². The van der Waals surface area contributed by atoms with Crippen LogP contribution in [0.2, 0.25) is 0 Å². The molecule has 1 unspecified atom stereocenters. The number of thioether (sulfide) groups is 1. The van der Waals surface area contributed by atoms with Gasteiger partial charge in [-0.15, -0.1) is 0 Å². The Morgan fingerprint density at radius 3 is 2.75 bits per heavy atom. The molecule has 1 aliphatic carbocycles. The number of amidine groups is 1. The number of rotatable bonds is 6. The molecule has 1 N–H and O–H groups in total. The molecule has 1 atom stereocenters. The maximum absolute atomic E-state index is 4.88. The summed E-state index contributed by atoms with van der Waals surface area (Å²) in [5.74, 6) is 2.95. The van der Waals surface area contributed by atoms with Crippen LogP contribution >= 0.6 is 11.8 Å². The van der Waals surface area contributed by atoms with Gasteiger partial charge >= 0.3 is 0 Å². The molecule has 0 aromatic heterocycles. The van der Waals surface area contributed by atoms with Crippen LogP contribution in [0, 0.1) is 11.8 Å². The second-order valence-corrected chi connectivity index (χ2v) is 7.90. The van der Waals surface area contributed by atoms with Crippen LogP contribution in [0.4, 0.5) is 0 Å². The minimum absolute atomic E-state index is 0.390. The van der Waals surface area contributed by atoms with Crippen molar-refractivity contribution in [3.8, 4) is 0 Å². The second kappa shape index (κ2) is 7.72. The van der Waals surface area contributed by atoms with Crippen LogP contribution in [0.3, 0.4) is 0 Å². The summed E-state index contributed by atoms with van der Waals surface area (Å²) in [6, 6.07) is 0. The third kappa shape index (κ3) is 4.41. The first-order chi connectivity index (χ1) is 9.67. The normalized spacial score (nSPS) is 33.5. The van der Waals surface area contributed by atoms with E-state index in [1.54, 1.807) is 0 Å². The molecule has 0 aromatic carbocycles.